The van der Waals surface area contributed by atoms with E-state index >= 15 is 0 Å². The monoisotopic (exact) mass is 272 g/mol. The molecule has 0 unspecified atom stereocenters. The Hall–Kier alpha value is -1.74. The molecular weight excluding hydrogens is 252 g/mol. The summed E-state index contributed by atoms with van der Waals surface area (Å²) in [6, 6.07) is 17.7. The number of rotatable bonds is 6. The molecule has 0 radical (unpaired) electrons. The molecule has 0 fully saturated rings. The average Bonchev–Trinajstić information content (AvgIpc) is 2.43. The van der Waals surface area contributed by atoms with Crippen LogP contribution in [0.3, 0.4) is 0 Å². The summed E-state index contributed by atoms with van der Waals surface area (Å²) in [6.45, 7) is 0. The SMILES string of the molecule is Oc1ccc(CC[SiH2]CCc2ccc(O)cc2)cc1. The minimum atomic E-state index is -0.0207. The minimum Gasteiger partial charge on any atom is -0.508 e. The van der Waals surface area contributed by atoms with Crippen LogP contribution in [0.5, 0.6) is 11.5 Å². The maximum Gasteiger partial charge on any atom is 0.115 e. The molecule has 2 aromatic rings. The molecule has 0 aliphatic heterocycles. The standard InChI is InChI=1S/C16H20O2Si/c17-15-5-1-13(2-6-15)9-11-19-12-10-14-3-7-16(18)8-4-14/h1-8,17-18H,9-12,19H2. The molecule has 0 saturated carbocycles. The number of benzene rings is 2. The first-order chi connectivity index (χ1) is 9.24. The molecule has 2 N–H and O–H groups in total. The molecular formula is C16H20O2Si. The molecule has 2 nitrogen and oxygen atoms in total. The van der Waals surface area contributed by atoms with Gasteiger partial charge in [0.15, 0.2) is 0 Å². The lowest BCUT2D eigenvalue weighted by molar-refractivity contribution is 0.474. The molecule has 3 heteroatoms. The predicted octanol–water partition coefficient (Wildman–Crippen LogP) is 2.89. The van der Waals surface area contributed by atoms with E-state index in [0.29, 0.717) is 11.5 Å². The number of hydrogen-bond acceptors (Lipinski definition) is 2. The van der Waals surface area contributed by atoms with Crippen LogP contribution in [0, 0.1) is 0 Å². The summed E-state index contributed by atoms with van der Waals surface area (Å²) in [5, 5.41) is 18.4. The summed E-state index contributed by atoms with van der Waals surface area (Å²) < 4.78 is 0. The molecule has 0 heterocycles. The minimum absolute atomic E-state index is 0.0207. The molecule has 0 atom stereocenters. The molecule has 0 bridgehead atoms. The highest BCUT2D eigenvalue weighted by Gasteiger charge is 1.97. The van der Waals surface area contributed by atoms with Crippen LogP contribution in [-0.4, -0.2) is 19.7 Å². The lowest BCUT2D eigenvalue weighted by Crippen LogP contribution is -1.95. The fraction of sp³-hybridized carbons (Fsp3) is 0.250. The first-order valence-corrected chi connectivity index (χ1v) is 8.80. The van der Waals surface area contributed by atoms with E-state index in [4.69, 9.17) is 0 Å². The zero-order chi connectivity index (χ0) is 13.5. The number of aryl methyl sites for hydroxylation is 2. The van der Waals surface area contributed by atoms with E-state index < -0.39 is 0 Å². The van der Waals surface area contributed by atoms with Crippen molar-refractivity contribution in [1.82, 2.24) is 0 Å². The summed E-state index contributed by atoms with van der Waals surface area (Å²) in [6.07, 6.45) is 2.25. The van der Waals surface area contributed by atoms with Gasteiger partial charge in [-0.15, -0.1) is 0 Å². The second kappa shape index (κ2) is 7.00. The van der Waals surface area contributed by atoms with Crippen LogP contribution in [-0.2, 0) is 12.8 Å². The van der Waals surface area contributed by atoms with Crippen molar-refractivity contribution >= 4 is 9.52 Å². The van der Waals surface area contributed by atoms with Gasteiger partial charge < -0.3 is 10.2 Å². The Morgan fingerprint density at radius 3 is 1.37 bits per heavy atom. The van der Waals surface area contributed by atoms with Gasteiger partial charge in [0.2, 0.25) is 0 Å². The van der Waals surface area contributed by atoms with E-state index in [1.807, 2.05) is 24.3 Å². The van der Waals surface area contributed by atoms with E-state index in [1.54, 1.807) is 24.3 Å². The molecule has 0 spiro atoms. The molecule has 0 aliphatic rings. The molecule has 2 aromatic carbocycles. The maximum atomic E-state index is 9.20. The molecule has 19 heavy (non-hydrogen) atoms. The van der Waals surface area contributed by atoms with Gasteiger partial charge in [0.1, 0.15) is 11.5 Å². The summed E-state index contributed by atoms with van der Waals surface area (Å²) >= 11 is 0. The van der Waals surface area contributed by atoms with Gasteiger partial charge in [-0.3, -0.25) is 0 Å². The lowest BCUT2D eigenvalue weighted by Gasteiger charge is -2.03. The summed E-state index contributed by atoms with van der Waals surface area (Å²) in [5.41, 5.74) is 2.63. The van der Waals surface area contributed by atoms with Gasteiger partial charge in [0.05, 0.1) is 0 Å². The van der Waals surface area contributed by atoms with Crippen molar-refractivity contribution in [1.29, 1.82) is 0 Å². The van der Waals surface area contributed by atoms with E-state index in [2.05, 4.69) is 0 Å². The Kier molecular flexibility index (Phi) is 5.04. The van der Waals surface area contributed by atoms with Gasteiger partial charge in [-0.2, -0.15) is 0 Å². The summed E-state index contributed by atoms with van der Waals surface area (Å²) in [7, 11) is -0.0207. The van der Waals surface area contributed by atoms with E-state index in [-0.39, 0.29) is 9.52 Å². The average molecular weight is 272 g/mol. The van der Waals surface area contributed by atoms with Gasteiger partial charge in [0, 0.05) is 9.52 Å². The van der Waals surface area contributed by atoms with E-state index in [0.717, 1.165) is 12.8 Å². The van der Waals surface area contributed by atoms with Gasteiger partial charge >= 0.3 is 0 Å². The number of phenols is 2. The molecule has 0 amide bonds. The number of hydrogen-bond donors (Lipinski definition) is 2. The highest BCUT2D eigenvalue weighted by Crippen LogP contribution is 2.13. The third-order valence-corrected chi connectivity index (χ3v) is 5.01. The van der Waals surface area contributed by atoms with Crippen molar-refractivity contribution in [2.75, 3.05) is 0 Å². The van der Waals surface area contributed by atoms with Crippen molar-refractivity contribution in [3.8, 4) is 11.5 Å². The Morgan fingerprint density at radius 1 is 0.632 bits per heavy atom. The third-order valence-electron chi connectivity index (χ3n) is 3.30. The van der Waals surface area contributed by atoms with Crippen LogP contribution in [0.4, 0.5) is 0 Å². The highest BCUT2D eigenvalue weighted by molar-refractivity contribution is 6.35. The van der Waals surface area contributed by atoms with Crippen LogP contribution in [0.25, 0.3) is 0 Å². The van der Waals surface area contributed by atoms with Crippen LogP contribution >= 0.6 is 0 Å². The van der Waals surface area contributed by atoms with Crippen molar-refractivity contribution in [2.45, 2.75) is 24.9 Å². The fourth-order valence-corrected chi connectivity index (χ4v) is 3.83. The van der Waals surface area contributed by atoms with Crippen LogP contribution in [0.15, 0.2) is 48.5 Å². The van der Waals surface area contributed by atoms with Crippen molar-refractivity contribution in [2.24, 2.45) is 0 Å². The van der Waals surface area contributed by atoms with Gasteiger partial charge in [-0.05, 0) is 48.2 Å². The van der Waals surface area contributed by atoms with Crippen molar-refractivity contribution in [3.63, 3.8) is 0 Å². The third kappa shape index (κ3) is 4.79. The Balaban J connectivity index is 1.64. The Bertz CT molecular complexity index is 444. The summed E-state index contributed by atoms with van der Waals surface area (Å²) in [4.78, 5) is 0. The zero-order valence-corrected chi connectivity index (χ0v) is 12.5. The first-order valence-electron chi connectivity index (χ1n) is 6.80. The molecule has 0 saturated heterocycles. The predicted molar refractivity (Wildman–Crippen MR) is 81.8 cm³/mol. The second-order valence-electron chi connectivity index (χ2n) is 4.89. The Labute approximate surface area is 116 Å². The highest BCUT2D eigenvalue weighted by atomic mass is 28.2. The van der Waals surface area contributed by atoms with Gasteiger partial charge in [0.25, 0.3) is 0 Å². The van der Waals surface area contributed by atoms with Gasteiger partial charge in [-0.1, -0.05) is 36.4 Å². The second-order valence-corrected chi connectivity index (χ2v) is 7.01. The lowest BCUT2D eigenvalue weighted by atomic mass is 10.2. The van der Waals surface area contributed by atoms with Crippen molar-refractivity contribution in [3.05, 3.63) is 59.7 Å². The quantitative estimate of drug-likeness (QED) is 0.627. The number of aromatic hydroxyl groups is 2. The topological polar surface area (TPSA) is 40.5 Å². The van der Waals surface area contributed by atoms with E-state index in [1.165, 1.54) is 23.2 Å². The van der Waals surface area contributed by atoms with E-state index in [9.17, 15) is 10.2 Å². The van der Waals surface area contributed by atoms with Crippen LogP contribution in [0.1, 0.15) is 11.1 Å². The molecule has 0 aromatic heterocycles. The molecule has 0 aliphatic carbocycles. The van der Waals surface area contributed by atoms with Gasteiger partial charge in [-0.25, -0.2) is 0 Å². The normalized spacial score (nSPS) is 10.5. The zero-order valence-electron chi connectivity index (χ0n) is 11.0. The Morgan fingerprint density at radius 2 is 1.00 bits per heavy atom. The number of phenolic OH excluding ortho intramolecular Hbond substituents is 2. The van der Waals surface area contributed by atoms with Crippen LogP contribution in [0.2, 0.25) is 12.1 Å². The molecule has 100 valence electrons. The smallest absolute Gasteiger partial charge is 0.115 e. The fourth-order valence-electron chi connectivity index (χ4n) is 2.16. The molecule has 2 rings (SSSR count). The van der Waals surface area contributed by atoms with Crippen molar-refractivity contribution < 1.29 is 10.2 Å². The van der Waals surface area contributed by atoms with Crippen LogP contribution < -0.4 is 0 Å². The first kappa shape index (κ1) is 13.7. The summed E-state index contributed by atoms with van der Waals surface area (Å²) in [5.74, 6) is 0.682. The largest absolute Gasteiger partial charge is 0.508 e. The maximum absolute atomic E-state index is 9.20.